The first-order valence-electron chi connectivity index (χ1n) is 7.80. The lowest BCUT2D eigenvalue weighted by Gasteiger charge is -2.23. The number of nitrogens with one attached hydrogen (secondary N) is 1. The molecule has 0 bridgehead atoms. The van der Waals surface area contributed by atoms with Crippen molar-refractivity contribution in [3.63, 3.8) is 0 Å². The van der Waals surface area contributed by atoms with E-state index in [1.807, 2.05) is 6.92 Å². The molecule has 2 N–H and O–H groups in total. The van der Waals surface area contributed by atoms with Crippen LogP contribution >= 0.6 is 7.60 Å². The third-order valence-electron chi connectivity index (χ3n) is 3.85. The fraction of sp³-hybridized carbons (Fsp3) is 0.375. The van der Waals surface area contributed by atoms with E-state index < -0.39 is 13.3 Å². The summed E-state index contributed by atoms with van der Waals surface area (Å²) in [5.41, 5.74) is 0.903. The number of aromatic nitrogens is 2. The highest BCUT2D eigenvalue weighted by atomic mass is 31.2. The van der Waals surface area contributed by atoms with Crippen molar-refractivity contribution in [3.05, 3.63) is 41.9 Å². The number of ether oxygens (including phenoxy) is 1. The van der Waals surface area contributed by atoms with Gasteiger partial charge >= 0.3 is 7.60 Å². The minimum absolute atomic E-state index is 0.00824. The summed E-state index contributed by atoms with van der Waals surface area (Å²) in [6.07, 6.45) is 3.25. The molecule has 2 heterocycles. The number of aromatic hydroxyl groups is 1. The van der Waals surface area contributed by atoms with Crippen LogP contribution in [0.3, 0.4) is 0 Å². The van der Waals surface area contributed by atoms with E-state index in [1.165, 1.54) is 13.2 Å². The lowest BCUT2D eigenvalue weighted by atomic mass is 10.1. The van der Waals surface area contributed by atoms with E-state index in [9.17, 15) is 9.67 Å². The Bertz CT molecular complexity index is 774. The topological polar surface area (TPSA) is 103 Å². The predicted octanol–water partition coefficient (Wildman–Crippen LogP) is 2.89. The molecule has 1 aromatic carbocycles. The van der Waals surface area contributed by atoms with Crippen molar-refractivity contribution in [1.82, 2.24) is 9.97 Å². The van der Waals surface area contributed by atoms with Crippen LogP contribution in [0.25, 0.3) is 0 Å². The molecule has 1 unspecified atom stereocenters. The molecule has 134 valence electrons. The molecule has 0 aliphatic carbocycles. The fourth-order valence-corrected chi connectivity index (χ4v) is 4.48. The minimum atomic E-state index is -3.34. The summed E-state index contributed by atoms with van der Waals surface area (Å²) in [5.74, 6) is 0.865. The van der Waals surface area contributed by atoms with E-state index in [1.54, 1.807) is 24.5 Å². The highest BCUT2D eigenvalue weighted by Gasteiger charge is 2.41. The molecule has 1 aromatic heterocycles. The molecular formula is C16H20N3O5P. The molecule has 1 aliphatic heterocycles. The standard InChI is InChI=1S/C16H20N3O5P/c1-11-8-18-16(10-17-11)19-9-15(25(21)23-5-6-24-25)12-3-4-13(20)14(7-12)22-2/h3-4,7-8,10,15,20H,5-6,9H2,1-2H3,(H,18,19). The largest absolute Gasteiger partial charge is 0.504 e. The first kappa shape index (κ1) is 17.7. The van der Waals surface area contributed by atoms with Gasteiger partial charge in [0.15, 0.2) is 11.5 Å². The summed E-state index contributed by atoms with van der Waals surface area (Å²) >= 11 is 0. The smallest absolute Gasteiger partial charge is 0.340 e. The van der Waals surface area contributed by atoms with Crippen molar-refractivity contribution in [3.8, 4) is 11.5 Å². The van der Waals surface area contributed by atoms with Gasteiger partial charge in [-0.25, -0.2) is 4.98 Å². The normalized spacial score (nSPS) is 17.2. The molecule has 1 fully saturated rings. The second kappa shape index (κ2) is 7.39. The second-order valence-corrected chi connectivity index (χ2v) is 7.80. The van der Waals surface area contributed by atoms with Gasteiger partial charge in [0.05, 0.1) is 38.4 Å². The van der Waals surface area contributed by atoms with Crippen LogP contribution in [0.4, 0.5) is 5.82 Å². The van der Waals surface area contributed by atoms with E-state index >= 15 is 0 Å². The highest BCUT2D eigenvalue weighted by molar-refractivity contribution is 7.54. The lowest BCUT2D eigenvalue weighted by Crippen LogP contribution is -2.15. The fourth-order valence-electron chi connectivity index (χ4n) is 2.55. The number of hydrogen-bond acceptors (Lipinski definition) is 8. The Hall–Kier alpha value is -2.15. The van der Waals surface area contributed by atoms with E-state index in [-0.39, 0.29) is 25.5 Å². The molecule has 8 nitrogen and oxygen atoms in total. The maximum absolute atomic E-state index is 13.0. The summed E-state index contributed by atoms with van der Waals surface area (Å²) in [7, 11) is -1.88. The molecule has 0 radical (unpaired) electrons. The van der Waals surface area contributed by atoms with E-state index in [0.717, 1.165) is 5.69 Å². The molecule has 0 amide bonds. The van der Waals surface area contributed by atoms with Gasteiger partial charge in [-0.1, -0.05) is 6.07 Å². The van der Waals surface area contributed by atoms with Crippen LogP contribution in [0, 0.1) is 6.92 Å². The van der Waals surface area contributed by atoms with Crippen molar-refractivity contribution in [1.29, 1.82) is 0 Å². The van der Waals surface area contributed by atoms with Gasteiger partial charge in [-0.2, -0.15) is 0 Å². The molecule has 9 heteroatoms. The number of phenolic OH excluding ortho intramolecular Hbond substituents is 1. The maximum atomic E-state index is 13.0. The molecule has 1 aliphatic rings. The maximum Gasteiger partial charge on any atom is 0.340 e. The van der Waals surface area contributed by atoms with Crippen molar-refractivity contribution in [2.75, 3.05) is 32.2 Å². The molecule has 2 aromatic rings. The molecule has 3 rings (SSSR count). The molecule has 0 saturated carbocycles. The van der Waals surface area contributed by atoms with Crippen LogP contribution in [0.15, 0.2) is 30.6 Å². The average molecular weight is 365 g/mol. The minimum Gasteiger partial charge on any atom is -0.504 e. The average Bonchev–Trinajstić information content (AvgIpc) is 3.05. The first-order valence-corrected chi connectivity index (χ1v) is 9.41. The van der Waals surface area contributed by atoms with E-state index in [2.05, 4.69) is 15.3 Å². The Balaban J connectivity index is 1.87. The number of hydrogen-bond donors (Lipinski definition) is 2. The molecule has 1 saturated heterocycles. The number of anilines is 1. The van der Waals surface area contributed by atoms with Crippen molar-refractivity contribution < 1.29 is 23.5 Å². The predicted molar refractivity (Wildman–Crippen MR) is 92.2 cm³/mol. The number of phenols is 1. The zero-order chi connectivity index (χ0) is 17.9. The summed E-state index contributed by atoms with van der Waals surface area (Å²) in [5, 5.41) is 12.9. The SMILES string of the molecule is COc1cc(C(CNc2cnc(C)cn2)P2(=O)OCCO2)ccc1O. The zero-order valence-electron chi connectivity index (χ0n) is 14.0. The summed E-state index contributed by atoms with van der Waals surface area (Å²) in [6, 6.07) is 4.80. The number of benzene rings is 1. The van der Waals surface area contributed by atoms with Crippen LogP contribution in [0.1, 0.15) is 16.9 Å². The van der Waals surface area contributed by atoms with Crippen LogP contribution in [-0.4, -0.2) is 41.9 Å². The van der Waals surface area contributed by atoms with Crippen molar-refractivity contribution in [2.45, 2.75) is 12.6 Å². The number of rotatable bonds is 6. The molecule has 25 heavy (non-hydrogen) atoms. The Morgan fingerprint density at radius 3 is 2.72 bits per heavy atom. The summed E-state index contributed by atoms with van der Waals surface area (Å²) in [4.78, 5) is 8.41. The van der Waals surface area contributed by atoms with Gasteiger partial charge in [-0.15, -0.1) is 0 Å². The summed E-state index contributed by atoms with van der Waals surface area (Å²) in [6.45, 7) is 2.68. The second-order valence-electron chi connectivity index (χ2n) is 5.58. The third kappa shape index (κ3) is 3.92. The van der Waals surface area contributed by atoms with Crippen LogP contribution in [0.2, 0.25) is 0 Å². The lowest BCUT2D eigenvalue weighted by molar-refractivity contribution is 0.339. The van der Waals surface area contributed by atoms with E-state index in [0.29, 0.717) is 17.1 Å². The van der Waals surface area contributed by atoms with Gasteiger partial charge in [0, 0.05) is 6.54 Å². The van der Waals surface area contributed by atoms with Crippen LogP contribution < -0.4 is 10.1 Å². The van der Waals surface area contributed by atoms with Crippen LogP contribution in [0.5, 0.6) is 11.5 Å². The van der Waals surface area contributed by atoms with Crippen molar-refractivity contribution >= 4 is 13.4 Å². The number of nitrogens with zero attached hydrogens (tertiary/aromatic N) is 2. The third-order valence-corrected chi connectivity index (χ3v) is 6.18. The van der Waals surface area contributed by atoms with Gasteiger partial charge in [-0.05, 0) is 24.6 Å². The number of methoxy groups -OCH3 is 1. The first-order chi connectivity index (χ1) is 12.0. The Morgan fingerprint density at radius 1 is 1.32 bits per heavy atom. The van der Waals surface area contributed by atoms with Gasteiger partial charge in [0.25, 0.3) is 0 Å². The van der Waals surface area contributed by atoms with Gasteiger partial charge in [0.2, 0.25) is 0 Å². The Labute approximate surface area is 145 Å². The van der Waals surface area contributed by atoms with Gasteiger partial charge in [-0.3, -0.25) is 9.55 Å². The van der Waals surface area contributed by atoms with E-state index in [4.69, 9.17) is 13.8 Å². The highest BCUT2D eigenvalue weighted by Crippen LogP contribution is 2.63. The monoisotopic (exact) mass is 365 g/mol. The van der Waals surface area contributed by atoms with Crippen molar-refractivity contribution in [2.24, 2.45) is 0 Å². The summed E-state index contributed by atoms with van der Waals surface area (Å²) < 4.78 is 29.0. The molecule has 1 atom stereocenters. The Kier molecular flexibility index (Phi) is 5.22. The van der Waals surface area contributed by atoms with Gasteiger partial charge in [0.1, 0.15) is 11.5 Å². The number of aryl methyl sites for hydroxylation is 1. The van der Waals surface area contributed by atoms with Gasteiger partial charge < -0.3 is 24.2 Å². The molecular weight excluding hydrogens is 345 g/mol. The zero-order valence-corrected chi connectivity index (χ0v) is 14.9. The molecule has 0 spiro atoms. The van der Waals surface area contributed by atoms with Crippen LogP contribution in [-0.2, 0) is 13.6 Å². The Morgan fingerprint density at radius 2 is 2.08 bits per heavy atom. The quantitative estimate of drug-likeness (QED) is 0.754.